The molecular weight excluding hydrogens is 471 g/mol. The van der Waals surface area contributed by atoms with E-state index < -0.39 is 11.8 Å². The molecule has 9 nitrogen and oxygen atoms in total. The number of carbonyl (C=O) groups excluding carboxylic acids is 3. The fourth-order valence-electron chi connectivity index (χ4n) is 2.88. The first kappa shape index (κ1) is 24.5. The van der Waals surface area contributed by atoms with Gasteiger partial charge in [-0.1, -0.05) is 23.2 Å². The summed E-state index contributed by atoms with van der Waals surface area (Å²) < 4.78 is 10.8. The quantitative estimate of drug-likeness (QED) is 0.297. The molecule has 33 heavy (non-hydrogen) atoms. The number of benzene rings is 2. The van der Waals surface area contributed by atoms with Gasteiger partial charge in [-0.2, -0.15) is 5.10 Å². The highest BCUT2D eigenvalue weighted by Gasteiger charge is 2.18. The maximum Gasteiger partial charge on any atom is 0.329 e. The number of anilines is 1. The number of carbonyl (C=O) groups is 3. The van der Waals surface area contributed by atoms with Gasteiger partial charge in [-0.15, -0.1) is 0 Å². The molecule has 3 amide bonds. The molecule has 2 aromatic carbocycles. The van der Waals surface area contributed by atoms with Gasteiger partial charge in [0.15, 0.2) is 6.61 Å². The van der Waals surface area contributed by atoms with Crippen LogP contribution in [0.25, 0.3) is 0 Å². The van der Waals surface area contributed by atoms with E-state index in [2.05, 4.69) is 21.2 Å². The van der Waals surface area contributed by atoms with E-state index in [0.717, 1.165) is 12.8 Å². The van der Waals surface area contributed by atoms with E-state index in [0.29, 0.717) is 40.2 Å². The third-order valence-electron chi connectivity index (χ3n) is 4.56. The zero-order valence-electron chi connectivity index (χ0n) is 17.5. The Morgan fingerprint density at radius 1 is 1.12 bits per heavy atom. The summed E-state index contributed by atoms with van der Waals surface area (Å²) in [6.07, 6.45) is 3.14. The lowest BCUT2D eigenvalue weighted by Gasteiger charge is -2.09. The van der Waals surface area contributed by atoms with Crippen molar-refractivity contribution in [3.8, 4) is 5.75 Å². The fourth-order valence-corrected chi connectivity index (χ4v) is 3.34. The second-order valence-corrected chi connectivity index (χ2v) is 7.92. The number of amides is 3. The minimum absolute atomic E-state index is 0.0488. The second kappa shape index (κ2) is 12.2. The molecule has 2 aromatic rings. The molecule has 0 spiro atoms. The molecule has 1 saturated heterocycles. The molecule has 3 N–H and O–H groups in total. The van der Waals surface area contributed by atoms with Gasteiger partial charge in [0.2, 0.25) is 0 Å². The van der Waals surface area contributed by atoms with Gasteiger partial charge in [0.05, 0.1) is 23.0 Å². The van der Waals surface area contributed by atoms with Gasteiger partial charge in [0, 0.05) is 18.2 Å². The molecule has 3 rings (SSSR count). The predicted molar refractivity (Wildman–Crippen MR) is 125 cm³/mol. The van der Waals surface area contributed by atoms with Crippen molar-refractivity contribution < 1.29 is 23.9 Å². The molecule has 0 radical (unpaired) electrons. The number of rotatable bonds is 8. The lowest BCUT2D eigenvalue weighted by molar-refractivity contribution is -0.139. The van der Waals surface area contributed by atoms with Crippen molar-refractivity contribution in [2.45, 2.75) is 18.9 Å². The second-order valence-electron chi connectivity index (χ2n) is 7.07. The molecule has 1 atom stereocenters. The van der Waals surface area contributed by atoms with Crippen LogP contribution in [-0.2, 0) is 19.1 Å². The van der Waals surface area contributed by atoms with Crippen molar-refractivity contribution in [2.75, 3.05) is 25.1 Å². The number of nitrogens with zero attached hydrogens (tertiary/aromatic N) is 1. The molecule has 0 aromatic heterocycles. The minimum atomic E-state index is -0.865. The molecule has 11 heteroatoms. The van der Waals surface area contributed by atoms with Gasteiger partial charge in [0.25, 0.3) is 5.91 Å². The van der Waals surface area contributed by atoms with Crippen LogP contribution in [0, 0.1) is 0 Å². The van der Waals surface area contributed by atoms with Crippen LogP contribution < -0.4 is 20.8 Å². The summed E-state index contributed by atoms with van der Waals surface area (Å²) in [5.41, 5.74) is 3.25. The van der Waals surface area contributed by atoms with Crippen molar-refractivity contribution in [1.29, 1.82) is 0 Å². The summed E-state index contributed by atoms with van der Waals surface area (Å²) in [5.74, 6) is -1.56. The summed E-state index contributed by atoms with van der Waals surface area (Å²) in [6, 6.07) is 11.4. The van der Waals surface area contributed by atoms with Gasteiger partial charge < -0.3 is 20.1 Å². The first-order chi connectivity index (χ1) is 15.9. The van der Waals surface area contributed by atoms with Crippen LogP contribution >= 0.6 is 23.2 Å². The number of halogens is 2. The third kappa shape index (κ3) is 8.05. The van der Waals surface area contributed by atoms with Gasteiger partial charge in [-0.25, -0.2) is 5.43 Å². The Balaban J connectivity index is 1.39. The zero-order chi connectivity index (χ0) is 23.6. The summed E-state index contributed by atoms with van der Waals surface area (Å²) in [4.78, 5) is 35.5. The SMILES string of the molecule is O=C(COc1ccc(/C=N\NC(=O)C(=O)NC[C@@H]2CCCO2)cc1)Nc1ccc(Cl)cc1Cl. The van der Waals surface area contributed by atoms with Gasteiger partial charge >= 0.3 is 11.8 Å². The molecule has 0 bridgehead atoms. The molecule has 0 unspecified atom stereocenters. The number of ether oxygens (including phenoxy) is 2. The summed E-state index contributed by atoms with van der Waals surface area (Å²) >= 11 is 11.9. The predicted octanol–water partition coefficient (Wildman–Crippen LogP) is 2.76. The number of nitrogens with one attached hydrogen (secondary N) is 3. The van der Waals surface area contributed by atoms with E-state index in [4.69, 9.17) is 32.7 Å². The van der Waals surface area contributed by atoms with Crippen LogP contribution in [0.3, 0.4) is 0 Å². The van der Waals surface area contributed by atoms with Crippen LogP contribution in [0.5, 0.6) is 5.75 Å². The maximum absolute atomic E-state index is 12.0. The average Bonchev–Trinajstić information content (AvgIpc) is 3.32. The fraction of sp³-hybridized carbons (Fsp3) is 0.273. The smallest absolute Gasteiger partial charge is 0.329 e. The molecule has 1 aliphatic rings. The zero-order valence-corrected chi connectivity index (χ0v) is 19.0. The highest BCUT2D eigenvalue weighted by molar-refractivity contribution is 6.36. The molecule has 0 aliphatic carbocycles. The number of hydrogen-bond acceptors (Lipinski definition) is 6. The van der Waals surface area contributed by atoms with Crippen molar-refractivity contribution in [3.05, 3.63) is 58.1 Å². The highest BCUT2D eigenvalue weighted by Crippen LogP contribution is 2.25. The first-order valence-electron chi connectivity index (χ1n) is 10.1. The van der Waals surface area contributed by atoms with Gasteiger partial charge in [-0.3, -0.25) is 14.4 Å². The molecule has 0 saturated carbocycles. The van der Waals surface area contributed by atoms with Crippen molar-refractivity contribution >= 4 is 52.8 Å². The molecule has 1 fully saturated rings. The monoisotopic (exact) mass is 492 g/mol. The Hall–Kier alpha value is -3.14. The standard InChI is InChI=1S/C22H22Cl2N4O5/c23-15-5-8-19(18(24)10-15)27-20(29)13-33-16-6-3-14(4-7-16)11-26-28-22(31)21(30)25-12-17-2-1-9-32-17/h3-8,10-11,17H,1-2,9,12-13H2,(H,25,30)(H,27,29)(H,28,31)/b26-11-/t17-/m0/s1. The Morgan fingerprint density at radius 2 is 1.91 bits per heavy atom. The van der Waals surface area contributed by atoms with E-state index in [1.165, 1.54) is 12.3 Å². The Bertz CT molecular complexity index is 1020. The molecule has 1 heterocycles. The first-order valence-corrected chi connectivity index (χ1v) is 10.9. The lowest BCUT2D eigenvalue weighted by Crippen LogP contribution is -2.41. The largest absolute Gasteiger partial charge is 0.484 e. The normalized spacial score (nSPS) is 15.3. The van der Waals surface area contributed by atoms with Gasteiger partial charge in [0.1, 0.15) is 5.75 Å². The topological polar surface area (TPSA) is 118 Å². The Kier molecular flexibility index (Phi) is 9.05. The minimum Gasteiger partial charge on any atom is -0.484 e. The molecular formula is C22H22Cl2N4O5. The molecule has 174 valence electrons. The van der Waals surface area contributed by atoms with E-state index in [1.54, 1.807) is 36.4 Å². The Labute approximate surface area is 200 Å². The van der Waals surface area contributed by atoms with Crippen molar-refractivity contribution in [2.24, 2.45) is 5.10 Å². The van der Waals surface area contributed by atoms with E-state index >= 15 is 0 Å². The third-order valence-corrected chi connectivity index (χ3v) is 5.10. The van der Waals surface area contributed by atoms with Crippen LogP contribution in [-0.4, -0.2) is 49.8 Å². The van der Waals surface area contributed by atoms with E-state index in [1.807, 2.05) is 0 Å². The van der Waals surface area contributed by atoms with E-state index in [-0.39, 0.29) is 18.6 Å². The van der Waals surface area contributed by atoms with Crippen LogP contribution in [0.2, 0.25) is 10.0 Å². The number of hydrazone groups is 1. The summed E-state index contributed by atoms with van der Waals surface area (Å²) in [7, 11) is 0. The maximum atomic E-state index is 12.0. The van der Waals surface area contributed by atoms with Crippen LogP contribution in [0.4, 0.5) is 5.69 Å². The van der Waals surface area contributed by atoms with Gasteiger partial charge in [-0.05, 0) is 60.9 Å². The van der Waals surface area contributed by atoms with Crippen LogP contribution in [0.15, 0.2) is 47.6 Å². The highest BCUT2D eigenvalue weighted by atomic mass is 35.5. The summed E-state index contributed by atoms with van der Waals surface area (Å²) in [5, 5.41) is 9.71. The molecule has 1 aliphatic heterocycles. The Morgan fingerprint density at radius 3 is 2.61 bits per heavy atom. The van der Waals surface area contributed by atoms with E-state index in [9.17, 15) is 14.4 Å². The van der Waals surface area contributed by atoms with Crippen molar-refractivity contribution in [1.82, 2.24) is 10.7 Å². The number of hydrogen-bond donors (Lipinski definition) is 3. The van der Waals surface area contributed by atoms with Crippen LogP contribution in [0.1, 0.15) is 18.4 Å². The van der Waals surface area contributed by atoms with Crippen molar-refractivity contribution in [3.63, 3.8) is 0 Å². The summed E-state index contributed by atoms with van der Waals surface area (Å²) in [6.45, 7) is 0.748. The average molecular weight is 493 g/mol. The lowest BCUT2D eigenvalue weighted by atomic mass is 10.2.